The second kappa shape index (κ2) is 7.69. The number of ether oxygens (including phenoxy) is 1. The summed E-state index contributed by atoms with van der Waals surface area (Å²) < 4.78 is 69.6. The lowest BCUT2D eigenvalue weighted by Crippen LogP contribution is -2.56. The van der Waals surface area contributed by atoms with E-state index >= 15 is 0 Å². The van der Waals surface area contributed by atoms with E-state index in [0.29, 0.717) is 43.9 Å². The highest BCUT2D eigenvalue weighted by atomic mass is 16.5. The lowest BCUT2D eigenvalue weighted by Gasteiger charge is -2.62. The van der Waals surface area contributed by atoms with Crippen LogP contribution in [0, 0.1) is 40.4 Å². The van der Waals surface area contributed by atoms with E-state index in [1.165, 1.54) is 0 Å². The van der Waals surface area contributed by atoms with Crippen LogP contribution in [0.1, 0.15) is 82.6 Å². The average molecular weight is 437 g/mol. The summed E-state index contributed by atoms with van der Waals surface area (Å²) in [5.41, 5.74) is -1.80. The largest absolute Gasteiger partial charge is 0.387 e. The van der Waals surface area contributed by atoms with Gasteiger partial charge in [-0.05, 0) is 92.3 Å². The number of nitrogens with zero attached hydrogens (tertiary/aromatic N) is 2. The fourth-order valence-electron chi connectivity index (χ4n) is 8.24. The van der Waals surface area contributed by atoms with Crippen LogP contribution in [-0.4, -0.2) is 39.7 Å². The first-order chi connectivity index (χ1) is 18.0. The van der Waals surface area contributed by atoms with E-state index in [4.69, 9.17) is 14.3 Å². The van der Waals surface area contributed by atoms with Crippen molar-refractivity contribution in [2.75, 3.05) is 13.6 Å². The molecule has 5 rings (SSSR count). The number of hydrogen-bond donors (Lipinski definition) is 1. The predicted octanol–water partition coefficient (Wildman–Crippen LogP) is 4.49. The Kier molecular flexibility index (Phi) is 3.51. The number of imidazole rings is 1. The van der Waals surface area contributed by atoms with E-state index in [1.54, 1.807) is 0 Å². The van der Waals surface area contributed by atoms with Gasteiger partial charge in [0.2, 0.25) is 0 Å². The Morgan fingerprint density at radius 1 is 1.26 bits per heavy atom. The SMILES string of the molecule is [2H]c1nc([2H])n(C([2H])C(=O)[C@@]2([2H])CC[C@H]3[C@@H]4CC[C@H]5C[C@@](O)(COC([2H])([2H])[2H])CC[C@]5(C)[C@H]4CC[C@@]32C)c1[2H]. The number of rotatable bonds is 5. The Morgan fingerprint density at radius 3 is 2.87 bits per heavy atom. The Morgan fingerprint density at radius 2 is 2.10 bits per heavy atom. The number of methoxy groups -OCH3 is 1. The molecule has 0 saturated heterocycles. The number of aliphatic hydroxyl groups is 1. The van der Waals surface area contributed by atoms with Gasteiger partial charge in [0, 0.05) is 26.6 Å². The van der Waals surface area contributed by atoms with E-state index in [0.717, 1.165) is 30.3 Å². The van der Waals surface area contributed by atoms with E-state index in [2.05, 4.69) is 11.9 Å². The van der Waals surface area contributed by atoms with Gasteiger partial charge in [-0.15, -0.1) is 0 Å². The molecule has 4 aliphatic rings. The molecule has 1 N–H and O–H groups in total. The van der Waals surface area contributed by atoms with E-state index in [9.17, 15) is 11.3 Å². The van der Waals surface area contributed by atoms with E-state index < -0.39 is 54.9 Å². The van der Waals surface area contributed by atoms with Crippen LogP contribution in [-0.2, 0) is 16.1 Å². The number of hydrogen-bond acceptors (Lipinski definition) is 4. The number of carbonyl (C=O) groups excluding carboxylic acids is 1. The lowest BCUT2D eigenvalue weighted by atomic mass is 9.44. The molecule has 4 fully saturated rings. The standard InChI is InChI=1S/C26H40N2O3/c1-24-10-11-26(30,16-31-3)14-18(24)4-5-19-20-6-7-22(25(20,2)9-8-21(19)24)23(29)15-28-13-12-27-17-28/h12-13,17-22,30H,4-11,14-16H2,1-3H3/t18-,19-,20-,21-,22+,24-,25-,26+/m0/s1/i3D3,12D,13D,15D,17D,22D/t15?,18-,19-,20-,21-,22+,24-,25-,26+. The fraction of sp³-hybridized carbons (Fsp3) is 0.846. The summed E-state index contributed by atoms with van der Waals surface area (Å²) in [6, 6.07) is 0. The van der Waals surface area contributed by atoms with Crippen LogP contribution in [0.5, 0.6) is 0 Å². The molecular formula is C26H40N2O3. The Labute approximate surface area is 198 Å². The third kappa shape index (κ3) is 3.42. The number of aromatic nitrogens is 2. The minimum Gasteiger partial charge on any atom is -0.387 e. The number of fused-ring (bicyclic) bond motifs is 5. The van der Waals surface area contributed by atoms with Crippen molar-refractivity contribution in [1.29, 1.82) is 0 Å². The van der Waals surface area contributed by atoms with Crippen LogP contribution in [0.2, 0.25) is 0 Å². The van der Waals surface area contributed by atoms with Gasteiger partial charge >= 0.3 is 0 Å². The molecular weight excluding hydrogens is 388 g/mol. The summed E-state index contributed by atoms with van der Waals surface area (Å²) in [4.78, 5) is 17.4. The molecule has 5 heteroatoms. The third-order valence-corrected chi connectivity index (χ3v) is 9.87. The first kappa shape index (κ1) is 14.1. The Hall–Kier alpha value is -1.20. The van der Waals surface area contributed by atoms with Crippen molar-refractivity contribution in [1.82, 2.24) is 9.55 Å². The van der Waals surface area contributed by atoms with Gasteiger partial charge in [-0.25, -0.2) is 4.98 Å². The van der Waals surface area contributed by atoms with Crippen molar-refractivity contribution in [2.24, 2.45) is 40.4 Å². The van der Waals surface area contributed by atoms with Crippen LogP contribution in [0.15, 0.2) is 18.6 Å². The van der Waals surface area contributed by atoms with E-state index in [1.807, 2.05) is 6.92 Å². The van der Waals surface area contributed by atoms with Gasteiger partial charge in [-0.2, -0.15) is 0 Å². The van der Waals surface area contributed by atoms with Gasteiger partial charge in [-0.3, -0.25) is 4.79 Å². The van der Waals surface area contributed by atoms with Crippen molar-refractivity contribution < 1.29 is 25.6 Å². The first-order valence-electron chi connectivity index (χ1n) is 15.9. The minimum absolute atomic E-state index is 0.0206. The van der Waals surface area contributed by atoms with Gasteiger partial charge in [0.25, 0.3) is 0 Å². The molecule has 1 unspecified atom stereocenters. The summed E-state index contributed by atoms with van der Waals surface area (Å²) in [5, 5.41) is 11.2. The number of carbonyl (C=O) groups is 1. The Balaban J connectivity index is 1.35. The van der Waals surface area contributed by atoms with Gasteiger partial charge in [-0.1, -0.05) is 13.8 Å². The molecule has 4 saturated carbocycles. The van der Waals surface area contributed by atoms with Crippen LogP contribution in [0.4, 0.5) is 0 Å². The van der Waals surface area contributed by atoms with Crippen molar-refractivity contribution in [3.63, 3.8) is 0 Å². The molecule has 0 spiro atoms. The maximum atomic E-state index is 13.8. The van der Waals surface area contributed by atoms with Crippen molar-refractivity contribution in [3.8, 4) is 0 Å². The zero-order valence-electron chi connectivity index (χ0n) is 26.6. The second-order valence-electron chi connectivity index (χ2n) is 11.1. The van der Waals surface area contributed by atoms with Crippen LogP contribution in [0.25, 0.3) is 0 Å². The fourth-order valence-corrected chi connectivity index (χ4v) is 8.24. The van der Waals surface area contributed by atoms with Gasteiger partial charge < -0.3 is 14.4 Å². The molecule has 0 radical (unpaired) electrons. The zero-order valence-corrected chi connectivity index (χ0v) is 18.6. The monoisotopic (exact) mass is 436 g/mol. The topological polar surface area (TPSA) is 64.4 Å². The summed E-state index contributed by atoms with van der Waals surface area (Å²) >= 11 is 0. The molecule has 1 heterocycles. The molecule has 1 aromatic rings. The van der Waals surface area contributed by atoms with Crippen molar-refractivity contribution in [2.45, 2.75) is 83.8 Å². The maximum Gasteiger partial charge on any atom is 0.156 e. The molecule has 5 nitrogen and oxygen atoms in total. The average Bonchev–Trinajstić information content (AvgIpc) is 3.28. The first-order valence-corrected chi connectivity index (χ1v) is 11.8. The van der Waals surface area contributed by atoms with Gasteiger partial charge in [0.05, 0.1) is 33.3 Å². The molecule has 0 aromatic carbocycles. The minimum atomic E-state index is -2.53. The lowest BCUT2D eigenvalue weighted by molar-refractivity contribution is -0.164. The van der Waals surface area contributed by atoms with Crippen LogP contribution < -0.4 is 0 Å². The van der Waals surface area contributed by atoms with Crippen molar-refractivity contribution in [3.05, 3.63) is 18.6 Å². The molecule has 4 aliphatic carbocycles. The van der Waals surface area contributed by atoms with Gasteiger partial charge in [0.1, 0.15) is 1.37 Å². The molecule has 172 valence electrons. The molecule has 0 aliphatic heterocycles. The van der Waals surface area contributed by atoms with E-state index in [-0.39, 0.29) is 23.9 Å². The Bertz CT molecular complexity index is 1150. The highest BCUT2D eigenvalue weighted by Gasteiger charge is 2.62. The van der Waals surface area contributed by atoms with Gasteiger partial charge in [0.15, 0.2) is 5.78 Å². The highest BCUT2D eigenvalue weighted by molar-refractivity contribution is 5.82. The smallest absolute Gasteiger partial charge is 0.156 e. The second-order valence-corrected chi connectivity index (χ2v) is 11.1. The van der Waals surface area contributed by atoms with Crippen LogP contribution >= 0.6 is 0 Å². The highest BCUT2D eigenvalue weighted by Crippen LogP contribution is 2.68. The molecule has 0 bridgehead atoms. The molecule has 31 heavy (non-hydrogen) atoms. The summed E-state index contributed by atoms with van der Waals surface area (Å²) in [5.74, 6) is -1.05. The quantitative estimate of drug-likeness (QED) is 0.739. The normalized spacial score (nSPS) is 54.3. The van der Waals surface area contributed by atoms with Crippen LogP contribution in [0.3, 0.4) is 0 Å². The predicted molar refractivity (Wildman–Crippen MR) is 119 cm³/mol. The molecule has 0 amide bonds. The molecule has 1 aromatic heterocycles. The third-order valence-electron chi connectivity index (χ3n) is 9.87. The van der Waals surface area contributed by atoms with Crippen molar-refractivity contribution >= 4 is 5.78 Å². The summed E-state index contributed by atoms with van der Waals surface area (Å²) in [6.45, 7) is 2.48. The number of Topliss-reactive ketones (excluding diaryl/α,β-unsaturated/α-hetero) is 1. The molecule has 9 atom stereocenters. The maximum absolute atomic E-state index is 13.8. The summed E-state index contributed by atoms with van der Waals surface area (Å²) in [6.07, 6.45) is 4.78. The summed E-state index contributed by atoms with van der Waals surface area (Å²) in [7, 11) is -2.53. The zero-order chi connectivity index (χ0) is 28.8. The number of ketones is 1.